The maximum atomic E-state index is 11.3. The quantitative estimate of drug-likeness (QED) is 0.732. The van der Waals surface area contributed by atoms with Gasteiger partial charge in [-0.3, -0.25) is 0 Å². The standard InChI is InChI=1S/C13H29NO2S/c1-6-10-14-12(11-17(5,15)16)8-7-9-13(2,3)4/h12,14H,6-11H2,1-5H3. The summed E-state index contributed by atoms with van der Waals surface area (Å²) in [4.78, 5) is 0. The Morgan fingerprint density at radius 1 is 1.24 bits per heavy atom. The Hall–Kier alpha value is -0.0900. The highest BCUT2D eigenvalue weighted by Crippen LogP contribution is 2.22. The van der Waals surface area contributed by atoms with Gasteiger partial charge in [0.15, 0.2) is 0 Å². The van der Waals surface area contributed by atoms with Gasteiger partial charge >= 0.3 is 0 Å². The Bertz CT molecular complexity index is 291. The monoisotopic (exact) mass is 263 g/mol. The first-order valence-corrected chi connectivity index (χ1v) is 8.61. The number of nitrogens with one attached hydrogen (secondary N) is 1. The van der Waals surface area contributed by atoms with E-state index in [0.29, 0.717) is 5.41 Å². The molecule has 0 aliphatic rings. The van der Waals surface area contributed by atoms with Gasteiger partial charge in [-0.1, -0.05) is 34.1 Å². The zero-order valence-corrected chi connectivity index (χ0v) is 12.9. The molecule has 0 fully saturated rings. The molecule has 4 heteroatoms. The van der Waals surface area contributed by atoms with E-state index in [2.05, 4.69) is 33.0 Å². The van der Waals surface area contributed by atoms with E-state index < -0.39 is 9.84 Å². The Kier molecular flexibility index (Phi) is 7.33. The molecule has 0 spiro atoms. The van der Waals surface area contributed by atoms with Crippen LogP contribution in [-0.2, 0) is 9.84 Å². The Balaban J connectivity index is 4.11. The molecule has 1 atom stereocenters. The summed E-state index contributed by atoms with van der Waals surface area (Å²) in [6, 6.07) is 0.118. The van der Waals surface area contributed by atoms with Gasteiger partial charge in [-0.15, -0.1) is 0 Å². The van der Waals surface area contributed by atoms with Crippen molar-refractivity contribution in [3.05, 3.63) is 0 Å². The van der Waals surface area contributed by atoms with Crippen molar-refractivity contribution >= 4 is 9.84 Å². The molecular weight excluding hydrogens is 234 g/mol. The maximum Gasteiger partial charge on any atom is 0.148 e. The van der Waals surface area contributed by atoms with Crippen LogP contribution in [0, 0.1) is 5.41 Å². The lowest BCUT2D eigenvalue weighted by Gasteiger charge is -2.21. The van der Waals surface area contributed by atoms with Crippen molar-refractivity contribution in [2.75, 3.05) is 18.6 Å². The third-order valence-electron chi connectivity index (χ3n) is 2.67. The summed E-state index contributed by atoms with van der Waals surface area (Å²) in [7, 11) is -2.88. The van der Waals surface area contributed by atoms with E-state index in [1.807, 2.05) is 0 Å². The van der Waals surface area contributed by atoms with Crippen molar-refractivity contribution in [1.82, 2.24) is 5.32 Å². The van der Waals surface area contributed by atoms with Crippen LogP contribution in [0.3, 0.4) is 0 Å². The second-order valence-corrected chi connectivity index (χ2v) is 8.38. The second kappa shape index (κ2) is 7.37. The molecule has 0 aromatic carbocycles. The largest absolute Gasteiger partial charge is 0.313 e. The third kappa shape index (κ3) is 12.2. The summed E-state index contributed by atoms with van der Waals surface area (Å²) in [5.74, 6) is 0.261. The number of hydrogen-bond donors (Lipinski definition) is 1. The average molecular weight is 263 g/mol. The fourth-order valence-corrected chi connectivity index (χ4v) is 2.85. The fraction of sp³-hybridized carbons (Fsp3) is 1.00. The first-order valence-electron chi connectivity index (χ1n) is 6.55. The molecule has 0 aliphatic carbocycles. The summed E-state index contributed by atoms with van der Waals surface area (Å²) in [6.45, 7) is 9.66. The first kappa shape index (κ1) is 16.9. The minimum Gasteiger partial charge on any atom is -0.313 e. The first-order chi connectivity index (χ1) is 7.64. The average Bonchev–Trinajstić information content (AvgIpc) is 2.09. The van der Waals surface area contributed by atoms with Crippen molar-refractivity contribution in [3.63, 3.8) is 0 Å². The van der Waals surface area contributed by atoms with E-state index in [9.17, 15) is 8.42 Å². The van der Waals surface area contributed by atoms with E-state index in [4.69, 9.17) is 0 Å². The van der Waals surface area contributed by atoms with Gasteiger partial charge in [0.25, 0.3) is 0 Å². The molecule has 17 heavy (non-hydrogen) atoms. The van der Waals surface area contributed by atoms with Crippen LogP contribution in [0.25, 0.3) is 0 Å². The van der Waals surface area contributed by atoms with Gasteiger partial charge in [-0.2, -0.15) is 0 Å². The molecule has 0 saturated carbocycles. The van der Waals surface area contributed by atoms with Gasteiger partial charge in [0.05, 0.1) is 5.75 Å². The molecule has 0 bridgehead atoms. The summed E-state index contributed by atoms with van der Waals surface area (Å²) >= 11 is 0. The van der Waals surface area contributed by atoms with E-state index in [0.717, 1.165) is 32.2 Å². The third-order valence-corrected chi connectivity index (χ3v) is 3.67. The van der Waals surface area contributed by atoms with Crippen LogP contribution in [0.2, 0.25) is 0 Å². The Morgan fingerprint density at radius 2 is 1.82 bits per heavy atom. The van der Waals surface area contributed by atoms with Gasteiger partial charge in [0, 0.05) is 12.3 Å². The van der Waals surface area contributed by atoms with Crippen LogP contribution in [0.5, 0.6) is 0 Å². The molecule has 0 aromatic rings. The number of sulfone groups is 1. The van der Waals surface area contributed by atoms with Crippen LogP contribution >= 0.6 is 0 Å². The normalized spacial score (nSPS) is 14.9. The molecule has 104 valence electrons. The Morgan fingerprint density at radius 3 is 2.24 bits per heavy atom. The second-order valence-electron chi connectivity index (χ2n) is 6.20. The van der Waals surface area contributed by atoms with Crippen molar-refractivity contribution in [2.45, 2.75) is 59.4 Å². The summed E-state index contributed by atoms with van der Waals surface area (Å²) < 4.78 is 22.6. The highest BCUT2D eigenvalue weighted by molar-refractivity contribution is 7.90. The molecule has 0 amide bonds. The van der Waals surface area contributed by atoms with Gasteiger partial charge in [-0.25, -0.2) is 8.42 Å². The molecule has 1 N–H and O–H groups in total. The van der Waals surface area contributed by atoms with Crippen molar-refractivity contribution in [1.29, 1.82) is 0 Å². The van der Waals surface area contributed by atoms with Gasteiger partial charge in [-0.05, 0) is 31.2 Å². The molecule has 0 heterocycles. The molecule has 1 unspecified atom stereocenters. The lowest BCUT2D eigenvalue weighted by atomic mass is 9.89. The summed E-state index contributed by atoms with van der Waals surface area (Å²) in [5.41, 5.74) is 0.334. The van der Waals surface area contributed by atoms with Crippen LogP contribution in [0.4, 0.5) is 0 Å². The van der Waals surface area contributed by atoms with E-state index in [1.54, 1.807) is 0 Å². The molecule has 0 radical (unpaired) electrons. The summed E-state index contributed by atoms with van der Waals surface area (Å²) in [5, 5.41) is 3.33. The number of hydrogen-bond acceptors (Lipinski definition) is 3. The van der Waals surface area contributed by atoms with E-state index >= 15 is 0 Å². The van der Waals surface area contributed by atoms with Crippen LogP contribution < -0.4 is 5.32 Å². The van der Waals surface area contributed by atoms with Gasteiger partial charge in [0.2, 0.25) is 0 Å². The van der Waals surface area contributed by atoms with Gasteiger partial charge < -0.3 is 5.32 Å². The molecular formula is C13H29NO2S. The summed E-state index contributed by atoms with van der Waals surface area (Å²) in [6.07, 6.45) is 5.53. The van der Waals surface area contributed by atoms with Crippen molar-refractivity contribution < 1.29 is 8.42 Å². The highest BCUT2D eigenvalue weighted by Gasteiger charge is 2.16. The van der Waals surface area contributed by atoms with Gasteiger partial charge in [0.1, 0.15) is 9.84 Å². The molecule has 0 aromatic heterocycles. The predicted molar refractivity (Wildman–Crippen MR) is 75.1 cm³/mol. The minimum atomic E-state index is -2.88. The van der Waals surface area contributed by atoms with Crippen LogP contribution in [0.1, 0.15) is 53.4 Å². The zero-order valence-electron chi connectivity index (χ0n) is 12.0. The molecule has 0 aliphatic heterocycles. The minimum absolute atomic E-state index is 0.118. The predicted octanol–water partition coefficient (Wildman–Crippen LogP) is 2.62. The fourth-order valence-electron chi connectivity index (χ4n) is 1.84. The number of rotatable bonds is 8. The Labute approximate surface area is 107 Å². The lowest BCUT2D eigenvalue weighted by molar-refractivity contribution is 0.346. The maximum absolute atomic E-state index is 11.3. The molecule has 3 nitrogen and oxygen atoms in total. The molecule has 0 saturated heterocycles. The smallest absolute Gasteiger partial charge is 0.148 e. The highest BCUT2D eigenvalue weighted by atomic mass is 32.2. The van der Waals surface area contributed by atoms with Crippen molar-refractivity contribution in [3.8, 4) is 0 Å². The van der Waals surface area contributed by atoms with Crippen LogP contribution in [0.15, 0.2) is 0 Å². The topological polar surface area (TPSA) is 46.2 Å². The van der Waals surface area contributed by atoms with E-state index in [-0.39, 0.29) is 11.8 Å². The molecule has 0 rings (SSSR count). The zero-order chi connectivity index (χ0) is 13.5. The van der Waals surface area contributed by atoms with E-state index in [1.165, 1.54) is 6.26 Å². The van der Waals surface area contributed by atoms with Crippen LogP contribution in [-0.4, -0.2) is 33.0 Å². The SMILES string of the molecule is CCCNC(CCCC(C)(C)C)CS(C)(=O)=O. The van der Waals surface area contributed by atoms with Crippen molar-refractivity contribution in [2.24, 2.45) is 5.41 Å². The lowest BCUT2D eigenvalue weighted by Crippen LogP contribution is -2.36.